The molecule has 0 aliphatic rings. The molecule has 0 saturated carbocycles. The standard InChI is InChI=1S/C27H29Cl2FN2O5S/c1-4-31(5-2)22-10-9-20(18-32(13-14-36-3)27(33)19-7-6-8-21(30)15-19)26(16-22)37-38(34,35)23-11-12-24(28)25(29)17-23/h6-12,15-17H,4-5,13-14,18H2,1-3H3. The molecule has 0 aromatic heterocycles. The van der Waals surface area contributed by atoms with Gasteiger partial charge in [0.05, 0.1) is 16.7 Å². The van der Waals surface area contributed by atoms with Crippen molar-refractivity contribution in [3.63, 3.8) is 0 Å². The van der Waals surface area contributed by atoms with E-state index in [-0.39, 0.29) is 46.0 Å². The molecule has 0 atom stereocenters. The first-order valence-corrected chi connectivity index (χ1v) is 14.1. The van der Waals surface area contributed by atoms with Crippen LogP contribution in [0.4, 0.5) is 10.1 Å². The highest BCUT2D eigenvalue weighted by Gasteiger charge is 2.24. The molecule has 0 saturated heterocycles. The minimum Gasteiger partial charge on any atom is -0.383 e. The second kappa shape index (κ2) is 13.3. The quantitative estimate of drug-likeness (QED) is 0.242. The minimum atomic E-state index is -4.30. The molecular formula is C27H29Cl2FN2O5S. The Bertz CT molecular complexity index is 1380. The van der Waals surface area contributed by atoms with E-state index in [9.17, 15) is 17.6 Å². The lowest BCUT2D eigenvalue weighted by Gasteiger charge is -2.26. The van der Waals surface area contributed by atoms with E-state index in [4.69, 9.17) is 32.1 Å². The van der Waals surface area contributed by atoms with Crippen molar-refractivity contribution in [3.05, 3.63) is 87.7 Å². The maximum absolute atomic E-state index is 13.8. The van der Waals surface area contributed by atoms with Crippen LogP contribution in [0, 0.1) is 5.82 Å². The Kier molecular flexibility index (Phi) is 10.4. The van der Waals surface area contributed by atoms with E-state index < -0.39 is 21.8 Å². The lowest BCUT2D eigenvalue weighted by atomic mass is 10.1. The third-order valence-corrected chi connectivity index (χ3v) is 7.81. The van der Waals surface area contributed by atoms with Gasteiger partial charge in [0.2, 0.25) is 0 Å². The van der Waals surface area contributed by atoms with Crippen molar-refractivity contribution in [1.82, 2.24) is 4.90 Å². The molecule has 0 aliphatic heterocycles. The van der Waals surface area contributed by atoms with Crippen molar-refractivity contribution in [2.75, 3.05) is 38.3 Å². The van der Waals surface area contributed by atoms with Gasteiger partial charge in [-0.05, 0) is 56.3 Å². The zero-order valence-corrected chi connectivity index (χ0v) is 23.6. The molecule has 1 amide bonds. The molecule has 3 aromatic rings. The predicted octanol–water partition coefficient (Wildman–Crippen LogP) is 6.04. The number of carbonyl (C=O) groups excluding carboxylic acids is 1. The van der Waals surface area contributed by atoms with Crippen molar-refractivity contribution in [2.45, 2.75) is 25.3 Å². The number of hydrogen-bond donors (Lipinski definition) is 0. The number of halogens is 3. The lowest BCUT2D eigenvalue weighted by Crippen LogP contribution is -2.33. The van der Waals surface area contributed by atoms with E-state index in [1.165, 1.54) is 48.4 Å². The van der Waals surface area contributed by atoms with E-state index in [2.05, 4.69) is 0 Å². The summed E-state index contributed by atoms with van der Waals surface area (Å²) in [5.41, 5.74) is 1.34. The second-order valence-electron chi connectivity index (χ2n) is 8.31. The SMILES string of the molecule is CCN(CC)c1ccc(CN(CCOC)C(=O)c2cccc(F)c2)c(OS(=O)(=O)c2ccc(Cl)c(Cl)c2)c1. The van der Waals surface area contributed by atoms with Crippen LogP contribution in [0.3, 0.4) is 0 Å². The number of anilines is 1. The fraction of sp³-hybridized carbons (Fsp3) is 0.296. The minimum absolute atomic E-state index is 0.0105. The summed E-state index contributed by atoms with van der Waals surface area (Å²) in [5, 5.41) is 0.277. The molecule has 3 rings (SSSR count). The third-order valence-electron chi connectivity index (χ3n) is 5.84. The second-order valence-corrected chi connectivity index (χ2v) is 10.7. The van der Waals surface area contributed by atoms with Gasteiger partial charge in [-0.2, -0.15) is 8.42 Å². The summed E-state index contributed by atoms with van der Waals surface area (Å²) >= 11 is 12.0. The van der Waals surface area contributed by atoms with Crippen LogP contribution in [-0.2, 0) is 21.4 Å². The molecule has 11 heteroatoms. The molecule has 3 aromatic carbocycles. The number of rotatable bonds is 12. The molecule has 0 N–H and O–H groups in total. The smallest absolute Gasteiger partial charge is 0.339 e. The number of methoxy groups -OCH3 is 1. The summed E-state index contributed by atoms with van der Waals surface area (Å²) in [7, 11) is -2.80. The van der Waals surface area contributed by atoms with Gasteiger partial charge in [0.25, 0.3) is 5.91 Å². The fourth-order valence-corrected chi connectivity index (χ4v) is 5.15. The average molecular weight is 584 g/mol. The summed E-state index contributed by atoms with van der Waals surface area (Å²) in [6, 6.07) is 14.4. The average Bonchev–Trinajstić information content (AvgIpc) is 2.89. The highest BCUT2D eigenvalue weighted by molar-refractivity contribution is 7.87. The van der Waals surface area contributed by atoms with Gasteiger partial charge >= 0.3 is 10.1 Å². The molecular weight excluding hydrogens is 554 g/mol. The summed E-state index contributed by atoms with van der Waals surface area (Å²) < 4.78 is 51.0. The van der Waals surface area contributed by atoms with Crippen LogP contribution in [0.25, 0.3) is 0 Å². The first kappa shape index (κ1) is 29.7. The predicted molar refractivity (Wildman–Crippen MR) is 147 cm³/mol. The number of nitrogens with zero attached hydrogens (tertiary/aromatic N) is 2. The number of carbonyl (C=O) groups is 1. The summed E-state index contributed by atoms with van der Waals surface area (Å²) in [6.07, 6.45) is 0. The van der Waals surface area contributed by atoms with Crippen molar-refractivity contribution >= 4 is 44.9 Å². The molecule has 38 heavy (non-hydrogen) atoms. The number of benzene rings is 3. The zero-order valence-electron chi connectivity index (χ0n) is 21.3. The zero-order chi connectivity index (χ0) is 27.9. The van der Waals surface area contributed by atoms with Gasteiger partial charge in [-0.3, -0.25) is 4.79 Å². The van der Waals surface area contributed by atoms with Crippen molar-refractivity contribution in [2.24, 2.45) is 0 Å². The summed E-state index contributed by atoms with van der Waals surface area (Å²) in [5.74, 6) is -0.926. The largest absolute Gasteiger partial charge is 0.383 e. The van der Waals surface area contributed by atoms with Crippen LogP contribution in [-0.4, -0.2) is 52.6 Å². The first-order valence-electron chi connectivity index (χ1n) is 11.9. The van der Waals surface area contributed by atoms with Crippen LogP contribution in [0.15, 0.2) is 65.6 Å². The van der Waals surface area contributed by atoms with Crippen LogP contribution in [0.2, 0.25) is 10.0 Å². The number of amides is 1. The maximum Gasteiger partial charge on any atom is 0.339 e. The Morgan fingerprint density at radius 3 is 2.34 bits per heavy atom. The number of ether oxygens (including phenoxy) is 1. The molecule has 7 nitrogen and oxygen atoms in total. The van der Waals surface area contributed by atoms with Crippen LogP contribution >= 0.6 is 23.2 Å². The Hall–Kier alpha value is -2.85. The van der Waals surface area contributed by atoms with Gasteiger partial charge in [0.15, 0.2) is 0 Å². The lowest BCUT2D eigenvalue weighted by molar-refractivity contribution is 0.0679. The van der Waals surface area contributed by atoms with Crippen molar-refractivity contribution in [3.8, 4) is 5.75 Å². The van der Waals surface area contributed by atoms with E-state index in [1.54, 1.807) is 12.1 Å². The van der Waals surface area contributed by atoms with Gasteiger partial charge in [-0.15, -0.1) is 0 Å². The fourth-order valence-electron chi connectivity index (χ4n) is 3.80. The van der Waals surface area contributed by atoms with Crippen molar-refractivity contribution in [1.29, 1.82) is 0 Å². The Balaban J connectivity index is 2.04. The van der Waals surface area contributed by atoms with E-state index in [0.29, 0.717) is 18.7 Å². The van der Waals surface area contributed by atoms with Gasteiger partial charge in [-0.1, -0.05) is 35.3 Å². The Morgan fingerprint density at radius 1 is 0.974 bits per heavy atom. The van der Waals surface area contributed by atoms with Gasteiger partial charge in [-0.25, -0.2) is 4.39 Å². The molecule has 0 radical (unpaired) electrons. The molecule has 0 bridgehead atoms. The Morgan fingerprint density at radius 2 is 1.71 bits per heavy atom. The maximum atomic E-state index is 13.8. The normalized spacial score (nSPS) is 11.3. The highest BCUT2D eigenvalue weighted by Crippen LogP contribution is 2.32. The van der Waals surface area contributed by atoms with Gasteiger partial charge < -0.3 is 18.7 Å². The third kappa shape index (κ3) is 7.38. The number of hydrogen-bond acceptors (Lipinski definition) is 6. The van der Waals surface area contributed by atoms with Crippen LogP contribution in [0.1, 0.15) is 29.8 Å². The van der Waals surface area contributed by atoms with Gasteiger partial charge in [0.1, 0.15) is 16.5 Å². The molecule has 0 spiro atoms. The van der Waals surface area contributed by atoms with Crippen LogP contribution in [0.5, 0.6) is 5.75 Å². The first-order chi connectivity index (χ1) is 18.1. The van der Waals surface area contributed by atoms with E-state index in [0.717, 1.165) is 11.8 Å². The van der Waals surface area contributed by atoms with Gasteiger partial charge in [0, 0.05) is 56.2 Å². The van der Waals surface area contributed by atoms with E-state index >= 15 is 0 Å². The summed E-state index contributed by atoms with van der Waals surface area (Å²) in [4.78, 5) is 16.6. The molecule has 204 valence electrons. The highest BCUT2D eigenvalue weighted by atomic mass is 35.5. The van der Waals surface area contributed by atoms with Crippen molar-refractivity contribution < 1.29 is 26.5 Å². The Labute approximate surface area is 232 Å². The molecule has 0 aliphatic carbocycles. The molecule has 0 unspecified atom stereocenters. The summed E-state index contributed by atoms with van der Waals surface area (Å²) in [6.45, 7) is 5.73. The van der Waals surface area contributed by atoms with Crippen LogP contribution < -0.4 is 9.08 Å². The monoisotopic (exact) mass is 582 g/mol. The molecule has 0 heterocycles. The topological polar surface area (TPSA) is 76.2 Å². The molecule has 0 fully saturated rings. The van der Waals surface area contributed by atoms with E-state index in [1.807, 2.05) is 24.8 Å².